The monoisotopic (exact) mass is 645 g/mol. The van der Waals surface area contributed by atoms with Crippen LogP contribution in [-0.4, -0.2) is 22.5 Å². The van der Waals surface area contributed by atoms with E-state index in [1.165, 1.54) is 17.0 Å². The van der Waals surface area contributed by atoms with Crippen LogP contribution in [0.2, 0.25) is 5.02 Å². The first-order valence-electron chi connectivity index (χ1n) is 13.0. The number of hydrogen-bond donors (Lipinski definition) is 0. The summed E-state index contributed by atoms with van der Waals surface area (Å²) in [5.74, 6) is 1.11. The first-order valence-corrected chi connectivity index (χ1v) is 14.2. The minimum Gasteiger partial charge on any atom is -0.490 e. The molecule has 0 atom stereocenters. The first-order chi connectivity index (χ1) is 20.4. The molecular weight excluding hydrogens is 625 g/mol. The van der Waals surface area contributed by atoms with Gasteiger partial charge in [-0.1, -0.05) is 41.9 Å². The van der Waals surface area contributed by atoms with E-state index in [1.54, 1.807) is 72.8 Å². The van der Waals surface area contributed by atoms with Gasteiger partial charge in [-0.2, -0.15) is 9.78 Å². The van der Waals surface area contributed by atoms with E-state index < -0.39 is 0 Å². The smallest absolute Gasteiger partial charge is 0.282 e. The standard InChI is InChI=1S/C32H22BrClFN3O4/c1-2-40-28-15-21(24(33)16-29(28)41-18-19-7-3-5-9-25(19)35)17-36-38-31(37-26-10-6-4-8-23(26)32(38)39)30-14-20-13-22(34)11-12-27(20)42-30/h3-17H,2,18H2,1H3. The van der Waals surface area contributed by atoms with Crippen molar-refractivity contribution in [2.45, 2.75) is 13.5 Å². The van der Waals surface area contributed by atoms with Crippen molar-refractivity contribution in [1.29, 1.82) is 0 Å². The number of benzene rings is 4. The Bertz CT molecular complexity index is 2040. The van der Waals surface area contributed by atoms with Gasteiger partial charge in [-0.05, 0) is 77.5 Å². The number of halogens is 3. The van der Waals surface area contributed by atoms with Crippen molar-refractivity contribution in [1.82, 2.24) is 9.66 Å². The number of fused-ring (bicyclic) bond motifs is 2. The highest BCUT2D eigenvalue weighted by molar-refractivity contribution is 9.10. The minimum atomic E-state index is -0.365. The summed E-state index contributed by atoms with van der Waals surface area (Å²) < 4.78 is 33.7. The van der Waals surface area contributed by atoms with Crippen LogP contribution in [0.3, 0.4) is 0 Å². The second kappa shape index (κ2) is 11.8. The average Bonchev–Trinajstić information content (AvgIpc) is 3.41. The van der Waals surface area contributed by atoms with Crippen molar-refractivity contribution in [3.8, 4) is 23.1 Å². The molecule has 0 amide bonds. The molecule has 210 valence electrons. The molecule has 0 bridgehead atoms. The molecule has 0 radical (unpaired) electrons. The van der Waals surface area contributed by atoms with Gasteiger partial charge in [0, 0.05) is 26.0 Å². The molecule has 0 saturated heterocycles. The molecule has 0 spiro atoms. The molecule has 0 aliphatic heterocycles. The third-order valence-corrected chi connectivity index (χ3v) is 7.39. The Morgan fingerprint density at radius 1 is 1.02 bits per heavy atom. The summed E-state index contributed by atoms with van der Waals surface area (Å²) in [5, 5.41) is 6.28. The topological polar surface area (TPSA) is 78.9 Å². The van der Waals surface area contributed by atoms with Crippen LogP contribution >= 0.6 is 27.5 Å². The maximum atomic E-state index is 14.1. The largest absolute Gasteiger partial charge is 0.490 e. The molecule has 7 nitrogen and oxygen atoms in total. The summed E-state index contributed by atoms with van der Waals surface area (Å²) in [6.07, 6.45) is 1.52. The Hall–Kier alpha value is -4.47. The van der Waals surface area contributed by atoms with Crippen LogP contribution < -0.4 is 15.0 Å². The fraction of sp³-hybridized carbons (Fsp3) is 0.0938. The zero-order valence-corrected chi connectivity index (χ0v) is 24.5. The molecule has 0 saturated carbocycles. The lowest BCUT2D eigenvalue weighted by Crippen LogP contribution is -2.20. The van der Waals surface area contributed by atoms with Gasteiger partial charge in [0.2, 0.25) is 5.82 Å². The molecule has 0 aliphatic carbocycles. The lowest BCUT2D eigenvalue weighted by Gasteiger charge is -2.14. The number of rotatable bonds is 8. The highest BCUT2D eigenvalue weighted by Crippen LogP contribution is 2.34. The van der Waals surface area contributed by atoms with Gasteiger partial charge >= 0.3 is 0 Å². The molecule has 0 N–H and O–H groups in total. The van der Waals surface area contributed by atoms with Crippen LogP contribution in [0.25, 0.3) is 33.5 Å². The summed E-state index contributed by atoms with van der Waals surface area (Å²) in [4.78, 5) is 18.3. The number of ether oxygens (including phenoxy) is 2. The number of para-hydroxylation sites is 1. The van der Waals surface area contributed by atoms with Crippen LogP contribution in [0.15, 0.2) is 104 Å². The van der Waals surface area contributed by atoms with Gasteiger partial charge in [0.05, 0.1) is 23.7 Å². The SMILES string of the molecule is CCOc1cc(C=Nn2c(-c3cc4cc(Cl)ccc4o3)nc3ccccc3c2=O)c(Br)cc1OCc1ccccc1F. The van der Waals surface area contributed by atoms with Gasteiger partial charge in [-0.3, -0.25) is 4.79 Å². The fourth-order valence-corrected chi connectivity index (χ4v) is 5.04. The normalized spacial score (nSPS) is 11.5. The van der Waals surface area contributed by atoms with Crippen molar-refractivity contribution in [2.75, 3.05) is 6.61 Å². The molecule has 42 heavy (non-hydrogen) atoms. The number of aromatic nitrogens is 2. The molecular formula is C32H22BrClFN3O4. The lowest BCUT2D eigenvalue weighted by atomic mass is 10.2. The van der Waals surface area contributed by atoms with E-state index in [-0.39, 0.29) is 23.8 Å². The number of hydrogen-bond acceptors (Lipinski definition) is 6. The first kappa shape index (κ1) is 27.7. The van der Waals surface area contributed by atoms with E-state index in [1.807, 2.05) is 13.0 Å². The molecule has 6 aromatic rings. The zero-order chi connectivity index (χ0) is 29.2. The summed E-state index contributed by atoms with van der Waals surface area (Å²) in [6, 6.07) is 24.0. The van der Waals surface area contributed by atoms with E-state index in [0.717, 1.165) is 5.39 Å². The van der Waals surface area contributed by atoms with Crippen molar-refractivity contribution < 1.29 is 18.3 Å². The highest BCUT2D eigenvalue weighted by atomic mass is 79.9. The molecule has 2 heterocycles. The predicted octanol–water partition coefficient (Wildman–Crippen LogP) is 8.22. The maximum Gasteiger partial charge on any atom is 0.282 e. The summed E-state index contributed by atoms with van der Waals surface area (Å²) >= 11 is 9.73. The molecule has 0 fully saturated rings. The molecule has 2 aromatic heterocycles. The molecule has 0 aliphatic rings. The summed E-state index contributed by atoms with van der Waals surface area (Å²) in [7, 11) is 0. The van der Waals surface area contributed by atoms with Crippen LogP contribution in [0.1, 0.15) is 18.1 Å². The van der Waals surface area contributed by atoms with Gasteiger partial charge in [-0.25, -0.2) is 9.37 Å². The van der Waals surface area contributed by atoms with Crippen LogP contribution in [-0.2, 0) is 6.61 Å². The fourth-order valence-electron chi connectivity index (χ4n) is 4.44. The average molecular weight is 647 g/mol. The van der Waals surface area contributed by atoms with Gasteiger partial charge in [0.25, 0.3) is 5.56 Å². The summed E-state index contributed by atoms with van der Waals surface area (Å²) in [6.45, 7) is 2.25. The van der Waals surface area contributed by atoms with Gasteiger partial charge < -0.3 is 13.9 Å². The third-order valence-electron chi connectivity index (χ3n) is 6.47. The van der Waals surface area contributed by atoms with E-state index in [2.05, 4.69) is 21.0 Å². The van der Waals surface area contributed by atoms with Crippen LogP contribution in [0.5, 0.6) is 11.5 Å². The molecule has 10 heteroatoms. The van der Waals surface area contributed by atoms with Crippen molar-refractivity contribution >= 4 is 55.6 Å². The Kier molecular flexibility index (Phi) is 7.78. The highest BCUT2D eigenvalue weighted by Gasteiger charge is 2.17. The Morgan fingerprint density at radius 3 is 2.64 bits per heavy atom. The van der Waals surface area contributed by atoms with Gasteiger partial charge in [-0.15, -0.1) is 0 Å². The van der Waals surface area contributed by atoms with Gasteiger partial charge in [0.15, 0.2) is 17.3 Å². The van der Waals surface area contributed by atoms with Crippen molar-refractivity contribution in [3.63, 3.8) is 0 Å². The number of furan rings is 1. The Labute approximate surface area is 252 Å². The Morgan fingerprint density at radius 2 is 1.81 bits per heavy atom. The second-order valence-electron chi connectivity index (χ2n) is 9.24. The summed E-state index contributed by atoms with van der Waals surface area (Å²) in [5.41, 5.74) is 1.78. The maximum absolute atomic E-state index is 14.1. The van der Waals surface area contributed by atoms with Crippen molar-refractivity contribution in [3.05, 3.63) is 122 Å². The number of nitrogens with zero attached hydrogens (tertiary/aromatic N) is 3. The second-order valence-corrected chi connectivity index (χ2v) is 10.5. The minimum absolute atomic E-state index is 0.0247. The molecule has 6 rings (SSSR count). The zero-order valence-electron chi connectivity index (χ0n) is 22.2. The van der Waals surface area contributed by atoms with Gasteiger partial charge in [0.1, 0.15) is 18.0 Å². The van der Waals surface area contributed by atoms with Crippen LogP contribution in [0.4, 0.5) is 4.39 Å². The van der Waals surface area contributed by atoms with E-state index in [4.69, 9.17) is 30.5 Å². The molecule has 4 aromatic carbocycles. The lowest BCUT2D eigenvalue weighted by molar-refractivity contribution is 0.265. The quantitative estimate of drug-likeness (QED) is 0.156. The van der Waals surface area contributed by atoms with E-state index >= 15 is 0 Å². The third kappa shape index (κ3) is 5.53. The van der Waals surface area contributed by atoms with Crippen LogP contribution in [0, 0.1) is 5.82 Å². The molecule has 0 unspecified atom stereocenters. The van der Waals surface area contributed by atoms with E-state index in [0.29, 0.717) is 61.0 Å². The Balaban J connectivity index is 1.41. The predicted molar refractivity (Wildman–Crippen MR) is 165 cm³/mol. The van der Waals surface area contributed by atoms with Crippen molar-refractivity contribution in [2.24, 2.45) is 5.10 Å². The van der Waals surface area contributed by atoms with E-state index in [9.17, 15) is 9.18 Å².